The maximum atomic E-state index is 4.25. The third kappa shape index (κ3) is 10.0. The van der Waals surface area contributed by atoms with Gasteiger partial charge in [0.15, 0.2) is 0 Å². The van der Waals surface area contributed by atoms with E-state index in [4.69, 9.17) is 0 Å². The number of hydrogen-bond acceptors (Lipinski definition) is 2. The highest BCUT2D eigenvalue weighted by Gasteiger charge is 2.19. The summed E-state index contributed by atoms with van der Waals surface area (Å²) in [5.41, 5.74) is 1.39. The van der Waals surface area contributed by atoms with Crippen molar-refractivity contribution in [3.63, 3.8) is 0 Å². The first-order chi connectivity index (χ1) is 8.36. The summed E-state index contributed by atoms with van der Waals surface area (Å²) >= 11 is 0. The predicted octanol–water partition coefficient (Wildman–Crippen LogP) is 3.48. The van der Waals surface area contributed by atoms with Gasteiger partial charge in [0.25, 0.3) is 0 Å². The number of benzene rings is 1. The number of hydrogen-bond donors (Lipinski definition) is 1. The van der Waals surface area contributed by atoms with Crippen molar-refractivity contribution in [2.24, 2.45) is 5.92 Å². The Balaban J connectivity index is 0.000000450. The van der Waals surface area contributed by atoms with Gasteiger partial charge in [-0.1, -0.05) is 44.2 Å². The van der Waals surface area contributed by atoms with Crippen LogP contribution in [0.2, 0.25) is 0 Å². The smallest absolute Gasteiger partial charge is 0.0351 e. The van der Waals surface area contributed by atoms with Gasteiger partial charge in [-0.15, -0.1) is 0 Å². The molecule has 0 bridgehead atoms. The fourth-order valence-corrected chi connectivity index (χ4v) is 1.34. The Morgan fingerprint density at radius 1 is 1.12 bits per heavy atom. The Bertz CT molecular complexity index is 244. The van der Waals surface area contributed by atoms with Gasteiger partial charge in [0.05, 0.1) is 0 Å². The first-order valence-electron chi connectivity index (χ1n) is 6.51. The number of methoxy groups -OCH3 is 1. The summed E-state index contributed by atoms with van der Waals surface area (Å²) in [6.07, 6.45) is 2.86. The molecule has 1 aromatic carbocycles. The number of nitrogens with one attached hydrogen (secondary N) is 1. The number of rotatable bonds is 4. The first kappa shape index (κ1) is 16.1. The van der Waals surface area contributed by atoms with Gasteiger partial charge < -0.3 is 10.1 Å². The lowest BCUT2D eigenvalue weighted by Gasteiger charge is -2.02. The highest BCUT2D eigenvalue weighted by molar-refractivity contribution is 5.14. The van der Waals surface area contributed by atoms with Crippen molar-refractivity contribution < 1.29 is 4.74 Å². The van der Waals surface area contributed by atoms with Crippen molar-refractivity contribution in [2.75, 3.05) is 20.8 Å². The summed E-state index contributed by atoms with van der Waals surface area (Å²) in [6, 6.07) is 10.6. The van der Waals surface area contributed by atoms with Crippen molar-refractivity contribution in [3.8, 4) is 0 Å². The van der Waals surface area contributed by atoms with Crippen molar-refractivity contribution in [2.45, 2.75) is 33.2 Å². The third-order valence-electron chi connectivity index (χ3n) is 2.30. The standard InChI is InChI=1S/C11H15N.C2H6O.C2H6/c1-2-4-10(5-3-1)8-12-9-11-6-7-11;1-3-2;1-2/h1-5,11-12H,6-9H2;1-2H3;1-2H3. The summed E-state index contributed by atoms with van der Waals surface area (Å²) in [7, 11) is 3.25. The van der Waals surface area contributed by atoms with Crippen LogP contribution in [0.5, 0.6) is 0 Å². The zero-order valence-electron chi connectivity index (χ0n) is 11.7. The van der Waals surface area contributed by atoms with Crippen molar-refractivity contribution >= 4 is 0 Å². The van der Waals surface area contributed by atoms with Gasteiger partial charge in [-0.05, 0) is 30.9 Å². The van der Waals surface area contributed by atoms with E-state index in [1.165, 1.54) is 24.9 Å². The molecule has 0 aliphatic heterocycles. The van der Waals surface area contributed by atoms with Gasteiger partial charge >= 0.3 is 0 Å². The maximum Gasteiger partial charge on any atom is 0.0351 e. The summed E-state index contributed by atoms with van der Waals surface area (Å²) in [4.78, 5) is 0. The minimum absolute atomic E-state index is 0.980. The number of ether oxygens (including phenoxy) is 1. The Labute approximate surface area is 106 Å². The fraction of sp³-hybridized carbons (Fsp3) is 0.600. The second-order valence-corrected chi connectivity index (χ2v) is 3.97. The molecule has 0 unspecified atom stereocenters. The minimum Gasteiger partial charge on any atom is -0.388 e. The Morgan fingerprint density at radius 2 is 1.65 bits per heavy atom. The van der Waals surface area contributed by atoms with Crippen LogP contribution in [0.15, 0.2) is 30.3 Å². The summed E-state index contributed by atoms with van der Waals surface area (Å²) in [5, 5.41) is 3.46. The van der Waals surface area contributed by atoms with Crippen LogP contribution in [0.25, 0.3) is 0 Å². The van der Waals surface area contributed by atoms with Crippen LogP contribution in [0.1, 0.15) is 32.3 Å². The molecule has 0 saturated heterocycles. The topological polar surface area (TPSA) is 21.3 Å². The largest absolute Gasteiger partial charge is 0.388 e. The molecule has 0 amide bonds. The van der Waals surface area contributed by atoms with E-state index >= 15 is 0 Å². The Hall–Kier alpha value is -0.860. The molecule has 1 aliphatic rings. The molecule has 1 N–H and O–H groups in total. The minimum atomic E-state index is 0.980. The van der Waals surface area contributed by atoms with Gasteiger partial charge in [-0.2, -0.15) is 0 Å². The molecule has 0 atom stereocenters. The molecule has 0 heterocycles. The Kier molecular flexibility index (Phi) is 11.0. The van der Waals surface area contributed by atoms with E-state index < -0.39 is 0 Å². The summed E-state index contributed by atoms with van der Waals surface area (Å²) in [6.45, 7) is 6.23. The fourth-order valence-electron chi connectivity index (χ4n) is 1.34. The molecular formula is C15H27NO. The first-order valence-corrected chi connectivity index (χ1v) is 6.51. The second kappa shape index (κ2) is 11.6. The van der Waals surface area contributed by atoms with E-state index in [9.17, 15) is 0 Å². The van der Waals surface area contributed by atoms with E-state index in [0.717, 1.165) is 12.5 Å². The van der Waals surface area contributed by atoms with E-state index in [1.54, 1.807) is 14.2 Å². The molecule has 1 aliphatic carbocycles. The molecular weight excluding hydrogens is 210 g/mol. The molecule has 2 heteroatoms. The van der Waals surface area contributed by atoms with Gasteiger partial charge in [-0.25, -0.2) is 0 Å². The summed E-state index contributed by atoms with van der Waals surface area (Å²) in [5.74, 6) is 0.980. The third-order valence-corrected chi connectivity index (χ3v) is 2.30. The van der Waals surface area contributed by atoms with Crippen LogP contribution in [-0.2, 0) is 11.3 Å². The van der Waals surface area contributed by atoms with Crippen LogP contribution in [0, 0.1) is 5.92 Å². The van der Waals surface area contributed by atoms with Gasteiger partial charge in [0.1, 0.15) is 0 Å². The van der Waals surface area contributed by atoms with Crippen LogP contribution >= 0.6 is 0 Å². The van der Waals surface area contributed by atoms with E-state index in [-0.39, 0.29) is 0 Å². The SMILES string of the molecule is CC.COC.c1ccc(CNCC2CC2)cc1. The molecule has 2 nitrogen and oxygen atoms in total. The average molecular weight is 237 g/mol. The van der Waals surface area contributed by atoms with Crippen molar-refractivity contribution in [1.82, 2.24) is 5.32 Å². The molecule has 1 fully saturated rings. The molecule has 2 rings (SSSR count). The Morgan fingerprint density at radius 3 is 2.12 bits per heavy atom. The molecule has 98 valence electrons. The highest BCUT2D eigenvalue weighted by Crippen LogP contribution is 2.27. The molecule has 0 aromatic heterocycles. The van der Waals surface area contributed by atoms with E-state index in [0.29, 0.717) is 0 Å². The lowest BCUT2D eigenvalue weighted by molar-refractivity contribution is 0.277. The second-order valence-electron chi connectivity index (χ2n) is 3.97. The van der Waals surface area contributed by atoms with Crippen LogP contribution in [0.4, 0.5) is 0 Å². The predicted molar refractivity (Wildman–Crippen MR) is 75.2 cm³/mol. The molecule has 17 heavy (non-hydrogen) atoms. The van der Waals surface area contributed by atoms with Gasteiger partial charge in [0, 0.05) is 20.8 Å². The van der Waals surface area contributed by atoms with E-state index in [1.807, 2.05) is 13.8 Å². The monoisotopic (exact) mass is 237 g/mol. The van der Waals surface area contributed by atoms with Crippen LogP contribution in [-0.4, -0.2) is 20.8 Å². The van der Waals surface area contributed by atoms with E-state index in [2.05, 4.69) is 40.4 Å². The zero-order chi connectivity index (χ0) is 12.9. The van der Waals surface area contributed by atoms with Crippen molar-refractivity contribution in [3.05, 3.63) is 35.9 Å². The highest BCUT2D eigenvalue weighted by atomic mass is 16.4. The summed E-state index contributed by atoms with van der Waals surface area (Å²) < 4.78 is 4.25. The van der Waals surface area contributed by atoms with Crippen LogP contribution in [0.3, 0.4) is 0 Å². The normalized spacial score (nSPS) is 12.9. The molecule has 0 radical (unpaired) electrons. The zero-order valence-corrected chi connectivity index (χ0v) is 11.7. The quantitative estimate of drug-likeness (QED) is 0.865. The van der Waals surface area contributed by atoms with Crippen molar-refractivity contribution in [1.29, 1.82) is 0 Å². The van der Waals surface area contributed by atoms with Gasteiger partial charge in [-0.3, -0.25) is 0 Å². The average Bonchev–Trinajstić information content (AvgIpc) is 3.18. The van der Waals surface area contributed by atoms with Gasteiger partial charge in [0.2, 0.25) is 0 Å². The maximum absolute atomic E-state index is 4.25. The van der Waals surface area contributed by atoms with Crippen LogP contribution < -0.4 is 5.32 Å². The molecule has 1 aromatic rings. The lowest BCUT2D eigenvalue weighted by atomic mass is 10.2. The molecule has 0 spiro atoms. The lowest BCUT2D eigenvalue weighted by Crippen LogP contribution is -2.15. The molecule has 1 saturated carbocycles.